The molecule has 1 heterocycles. The van der Waals surface area contributed by atoms with Gasteiger partial charge < -0.3 is 19.8 Å². The Kier molecular flexibility index (Phi) is 8.17. The van der Waals surface area contributed by atoms with Crippen LogP contribution in [-0.2, 0) is 12.0 Å². The Hall–Kier alpha value is -2.50. The van der Waals surface area contributed by atoms with Gasteiger partial charge in [0, 0.05) is 18.5 Å². The third-order valence-corrected chi connectivity index (χ3v) is 3.88. The molecule has 2 rings (SSSR count). The lowest BCUT2D eigenvalue weighted by Gasteiger charge is -2.13. The number of guanidine groups is 1. The predicted molar refractivity (Wildman–Crippen MR) is 109 cm³/mol. The minimum atomic E-state index is -0.0421. The van der Waals surface area contributed by atoms with E-state index in [4.69, 9.17) is 9.15 Å². The average Bonchev–Trinajstić information content (AvgIpc) is 3.13. The Morgan fingerprint density at radius 3 is 2.59 bits per heavy atom. The maximum absolute atomic E-state index is 5.79. The van der Waals surface area contributed by atoms with Crippen molar-refractivity contribution in [3.8, 4) is 5.75 Å². The van der Waals surface area contributed by atoms with E-state index in [0.29, 0.717) is 19.0 Å². The number of aliphatic imine (C=N–C) groups is 1. The average molecular weight is 373 g/mol. The minimum Gasteiger partial charge on any atom is -0.494 e. The van der Waals surface area contributed by atoms with Crippen LogP contribution < -0.4 is 15.4 Å². The molecule has 0 amide bonds. The quantitative estimate of drug-likeness (QED) is 0.397. The second kappa shape index (κ2) is 10.6. The number of oxazole rings is 1. The van der Waals surface area contributed by atoms with Gasteiger partial charge in [0.1, 0.15) is 18.1 Å². The van der Waals surface area contributed by atoms with Crippen LogP contribution in [0.5, 0.6) is 5.75 Å². The first-order chi connectivity index (χ1) is 13.0. The molecule has 0 aliphatic carbocycles. The molecule has 0 atom stereocenters. The van der Waals surface area contributed by atoms with Gasteiger partial charge >= 0.3 is 0 Å². The Balaban J connectivity index is 1.71. The molecule has 0 saturated heterocycles. The van der Waals surface area contributed by atoms with Crippen LogP contribution in [0.15, 0.2) is 45.9 Å². The summed E-state index contributed by atoms with van der Waals surface area (Å²) in [7, 11) is 0. The summed E-state index contributed by atoms with van der Waals surface area (Å²) in [5.41, 5.74) is -0.0421. The van der Waals surface area contributed by atoms with E-state index in [1.807, 2.05) is 37.3 Å². The lowest BCUT2D eigenvalue weighted by Crippen LogP contribution is -2.37. The van der Waals surface area contributed by atoms with Crippen molar-refractivity contribution in [3.05, 3.63) is 48.2 Å². The summed E-state index contributed by atoms with van der Waals surface area (Å²) >= 11 is 0. The third kappa shape index (κ3) is 7.72. The largest absolute Gasteiger partial charge is 0.494 e. The first kappa shape index (κ1) is 20.8. The molecule has 2 aromatic rings. The van der Waals surface area contributed by atoms with Crippen LogP contribution in [0.25, 0.3) is 0 Å². The molecule has 0 radical (unpaired) electrons. The van der Waals surface area contributed by atoms with Crippen molar-refractivity contribution in [2.75, 3.05) is 19.7 Å². The van der Waals surface area contributed by atoms with Gasteiger partial charge in [-0.3, -0.25) is 0 Å². The number of hydrogen-bond acceptors (Lipinski definition) is 4. The maximum Gasteiger partial charge on any atom is 0.216 e. The van der Waals surface area contributed by atoms with Crippen LogP contribution in [0.4, 0.5) is 0 Å². The number of benzene rings is 1. The minimum absolute atomic E-state index is 0.0421. The summed E-state index contributed by atoms with van der Waals surface area (Å²) in [5.74, 6) is 3.20. The fourth-order valence-electron chi connectivity index (χ4n) is 2.36. The topological polar surface area (TPSA) is 71.7 Å². The number of unbranched alkanes of at least 4 members (excludes halogenated alkanes) is 1. The number of aromatic nitrogens is 1. The Bertz CT molecular complexity index is 690. The third-order valence-electron chi connectivity index (χ3n) is 3.88. The first-order valence-corrected chi connectivity index (χ1v) is 9.64. The summed E-state index contributed by atoms with van der Waals surface area (Å²) in [6, 6.07) is 9.90. The smallest absolute Gasteiger partial charge is 0.216 e. The SMILES string of the molecule is CCNC(=NCc1ncc(C(C)(C)C)o1)NCCCCOc1ccccc1. The zero-order chi connectivity index (χ0) is 19.5. The van der Waals surface area contributed by atoms with Crippen molar-refractivity contribution in [1.82, 2.24) is 15.6 Å². The number of para-hydroxylation sites is 1. The molecule has 27 heavy (non-hydrogen) atoms. The molecule has 1 aromatic heterocycles. The molecule has 0 aliphatic heterocycles. The molecule has 6 nitrogen and oxygen atoms in total. The Morgan fingerprint density at radius 2 is 1.93 bits per heavy atom. The van der Waals surface area contributed by atoms with Gasteiger partial charge in [-0.05, 0) is 31.9 Å². The van der Waals surface area contributed by atoms with Gasteiger partial charge in [-0.15, -0.1) is 0 Å². The monoisotopic (exact) mass is 372 g/mol. The summed E-state index contributed by atoms with van der Waals surface area (Å²) in [5, 5.41) is 6.59. The van der Waals surface area contributed by atoms with Crippen molar-refractivity contribution in [2.45, 2.75) is 52.5 Å². The predicted octanol–water partition coefficient (Wildman–Crippen LogP) is 3.89. The van der Waals surface area contributed by atoms with Crippen LogP contribution in [0, 0.1) is 0 Å². The van der Waals surface area contributed by atoms with E-state index in [-0.39, 0.29) is 5.41 Å². The summed E-state index contributed by atoms with van der Waals surface area (Å²) in [6.07, 6.45) is 3.78. The maximum atomic E-state index is 5.79. The molecule has 0 spiro atoms. The van der Waals surface area contributed by atoms with E-state index in [2.05, 4.69) is 41.4 Å². The van der Waals surface area contributed by atoms with Crippen LogP contribution in [-0.4, -0.2) is 30.6 Å². The lowest BCUT2D eigenvalue weighted by molar-refractivity contribution is 0.307. The van der Waals surface area contributed by atoms with Gasteiger partial charge in [0.2, 0.25) is 5.89 Å². The zero-order valence-corrected chi connectivity index (χ0v) is 16.9. The highest BCUT2D eigenvalue weighted by atomic mass is 16.5. The standard InChI is InChI=1S/C21H32N4O2/c1-5-22-20(25-16-19-24-15-18(27-19)21(2,3)4)23-13-9-10-14-26-17-11-7-6-8-12-17/h6-8,11-12,15H,5,9-10,13-14,16H2,1-4H3,(H2,22,23,25). The van der Waals surface area contributed by atoms with Crippen molar-refractivity contribution >= 4 is 5.96 Å². The number of nitrogens with one attached hydrogen (secondary N) is 2. The second-order valence-corrected chi connectivity index (χ2v) is 7.36. The van der Waals surface area contributed by atoms with Crippen molar-refractivity contribution < 1.29 is 9.15 Å². The molecule has 0 aliphatic rings. The van der Waals surface area contributed by atoms with Crippen LogP contribution in [0.3, 0.4) is 0 Å². The lowest BCUT2D eigenvalue weighted by atomic mass is 9.94. The summed E-state index contributed by atoms with van der Waals surface area (Å²) in [4.78, 5) is 8.87. The molecule has 0 fully saturated rings. The van der Waals surface area contributed by atoms with Gasteiger partial charge in [-0.2, -0.15) is 0 Å². The number of ether oxygens (including phenoxy) is 1. The van der Waals surface area contributed by atoms with E-state index in [1.54, 1.807) is 6.20 Å². The number of hydrogen-bond donors (Lipinski definition) is 2. The molecular formula is C21H32N4O2. The van der Waals surface area contributed by atoms with E-state index >= 15 is 0 Å². The van der Waals surface area contributed by atoms with Crippen LogP contribution in [0.2, 0.25) is 0 Å². The van der Waals surface area contributed by atoms with Gasteiger partial charge in [0.25, 0.3) is 0 Å². The van der Waals surface area contributed by atoms with Gasteiger partial charge in [-0.1, -0.05) is 39.0 Å². The van der Waals surface area contributed by atoms with E-state index < -0.39 is 0 Å². The number of nitrogens with zero attached hydrogens (tertiary/aromatic N) is 2. The molecule has 0 saturated carbocycles. The fourth-order valence-corrected chi connectivity index (χ4v) is 2.36. The van der Waals surface area contributed by atoms with E-state index in [1.165, 1.54) is 0 Å². The van der Waals surface area contributed by atoms with Crippen molar-refractivity contribution in [1.29, 1.82) is 0 Å². The molecule has 6 heteroatoms. The van der Waals surface area contributed by atoms with E-state index in [0.717, 1.165) is 43.4 Å². The summed E-state index contributed by atoms with van der Waals surface area (Å²) in [6.45, 7) is 11.1. The highest BCUT2D eigenvalue weighted by Gasteiger charge is 2.18. The van der Waals surface area contributed by atoms with Crippen molar-refractivity contribution in [3.63, 3.8) is 0 Å². The molecule has 1 aromatic carbocycles. The molecule has 0 bridgehead atoms. The van der Waals surface area contributed by atoms with Crippen LogP contribution >= 0.6 is 0 Å². The molecule has 0 unspecified atom stereocenters. The number of rotatable bonds is 9. The van der Waals surface area contributed by atoms with E-state index in [9.17, 15) is 0 Å². The zero-order valence-electron chi connectivity index (χ0n) is 16.9. The molecular weight excluding hydrogens is 340 g/mol. The molecule has 148 valence electrons. The first-order valence-electron chi connectivity index (χ1n) is 9.64. The van der Waals surface area contributed by atoms with Gasteiger partial charge in [0.15, 0.2) is 5.96 Å². The Morgan fingerprint density at radius 1 is 1.15 bits per heavy atom. The normalized spacial score (nSPS) is 12.1. The van der Waals surface area contributed by atoms with Gasteiger partial charge in [-0.25, -0.2) is 9.98 Å². The highest BCUT2D eigenvalue weighted by Crippen LogP contribution is 2.22. The summed E-state index contributed by atoms with van der Waals surface area (Å²) < 4.78 is 11.5. The van der Waals surface area contributed by atoms with Crippen molar-refractivity contribution in [2.24, 2.45) is 4.99 Å². The van der Waals surface area contributed by atoms with Crippen LogP contribution in [0.1, 0.15) is 52.2 Å². The second-order valence-electron chi connectivity index (χ2n) is 7.36. The molecule has 2 N–H and O–H groups in total. The van der Waals surface area contributed by atoms with Gasteiger partial charge in [0.05, 0.1) is 12.8 Å². The Labute approximate surface area is 162 Å². The fraction of sp³-hybridized carbons (Fsp3) is 0.524. The highest BCUT2D eigenvalue weighted by molar-refractivity contribution is 5.79.